The van der Waals surface area contributed by atoms with Gasteiger partial charge >= 0.3 is 0 Å². The third-order valence-corrected chi connectivity index (χ3v) is 2.94. The van der Waals surface area contributed by atoms with E-state index in [0.29, 0.717) is 11.8 Å². The average Bonchev–Trinajstić information content (AvgIpc) is 2.87. The highest BCUT2D eigenvalue weighted by Gasteiger charge is 2.18. The van der Waals surface area contributed by atoms with Crippen molar-refractivity contribution in [1.82, 2.24) is 10.1 Å². The molecule has 90 valence electrons. The second-order valence-corrected chi connectivity index (χ2v) is 4.19. The zero-order chi connectivity index (χ0) is 12.3. The van der Waals surface area contributed by atoms with Crippen molar-refractivity contribution in [2.45, 2.75) is 32.2 Å². The number of aromatic nitrogens is 2. The van der Waals surface area contributed by atoms with Gasteiger partial charge in [0.25, 0.3) is 0 Å². The number of hydrogen-bond donors (Lipinski definition) is 1. The molecule has 2 unspecified atom stereocenters. The van der Waals surface area contributed by atoms with Crippen LogP contribution in [0.15, 0.2) is 34.9 Å². The monoisotopic (exact) mass is 231 g/mol. The first-order valence-corrected chi connectivity index (χ1v) is 5.86. The summed E-state index contributed by atoms with van der Waals surface area (Å²) in [5.41, 5.74) is 7.05. The predicted molar refractivity (Wildman–Crippen MR) is 65.5 cm³/mol. The summed E-state index contributed by atoms with van der Waals surface area (Å²) in [4.78, 5) is 4.35. The van der Waals surface area contributed by atoms with Crippen molar-refractivity contribution in [2.24, 2.45) is 5.73 Å². The maximum Gasteiger partial charge on any atom is 0.248 e. The second kappa shape index (κ2) is 5.10. The van der Waals surface area contributed by atoms with Gasteiger partial charge in [-0.15, -0.1) is 0 Å². The van der Waals surface area contributed by atoms with Crippen LogP contribution in [-0.4, -0.2) is 10.1 Å². The smallest absolute Gasteiger partial charge is 0.248 e. The van der Waals surface area contributed by atoms with E-state index in [-0.39, 0.29) is 6.04 Å². The van der Waals surface area contributed by atoms with Crippen LogP contribution in [0.4, 0.5) is 0 Å². The molecule has 0 aliphatic heterocycles. The van der Waals surface area contributed by atoms with Gasteiger partial charge < -0.3 is 10.3 Å². The fourth-order valence-corrected chi connectivity index (χ4v) is 1.56. The minimum Gasteiger partial charge on any atom is -0.337 e. The fraction of sp³-hybridized carbons (Fsp3) is 0.385. The van der Waals surface area contributed by atoms with Crippen LogP contribution in [0.25, 0.3) is 0 Å². The molecule has 0 saturated heterocycles. The Labute approximate surface area is 101 Å². The Morgan fingerprint density at radius 3 is 2.65 bits per heavy atom. The van der Waals surface area contributed by atoms with E-state index in [1.54, 1.807) is 0 Å². The first kappa shape index (κ1) is 11.8. The normalized spacial score (nSPS) is 14.5. The molecule has 4 nitrogen and oxygen atoms in total. The second-order valence-electron chi connectivity index (χ2n) is 4.19. The Bertz CT molecular complexity index is 467. The number of nitrogens with zero attached hydrogens (tertiary/aromatic N) is 2. The van der Waals surface area contributed by atoms with Crippen LogP contribution in [0.5, 0.6) is 0 Å². The van der Waals surface area contributed by atoms with Gasteiger partial charge in [0.05, 0.1) is 0 Å². The largest absolute Gasteiger partial charge is 0.337 e. The molecule has 1 aromatic carbocycles. The molecular weight excluding hydrogens is 214 g/mol. The first-order valence-electron chi connectivity index (χ1n) is 5.86. The molecule has 2 aromatic rings. The van der Waals surface area contributed by atoms with Gasteiger partial charge in [-0.3, -0.25) is 0 Å². The predicted octanol–water partition coefficient (Wildman–Crippen LogP) is 2.63. The number of hydrogen-bond acceptors (Lipinski definition) is 4. The van der Waals surface area contributed by atoms with Crippen molar-refractivity contribution >= 4 is 0 Å². The zero-order valence-corrected chi connectivity index (χ0v) is 10.1. The van der Waals surface area contributed by atoms with Crippen molar-refractivity contribution in [3.05, 3.63) is 47.6 Å². The lowest BCUT2D eigenvalue weighted by atomic mass is 10.1. The zero-order valence-electron chi connectivity index (χ0n) is 10.1. The Hall–Kier alpha value is -1.68. The number of benzene rings is 1. The molecule has 17 heavy (non-hydrogen) atoms. The molecule has 0 fully saturated rings. The average molecular weight is 231 g/mol. The Morgan fingerprint density at radius 1 is 1.29 bits per heavy atom. The summed E-state index contributed by atoms with van der Waals surface area (Å²) in [6, 6.07) is 9.41. The number of rotatable bonds is 4. The summed E-state index contributed by atoms with van der Waals surface area (Å²) in [6.07, 6.45) is 0.986. The van der Waals surface area contributed by atoms with Gasteiger partial charge in [0.15, 0.2) is 5.82 Å². The van der Waals surface area contributed by atoms with Crippen molar-refractivity contribution in [2.75, 3.05) is 0 Å². The summed E-state index contributed by atoms with van der Waals surface area (Å²) >= 11 is 0. The molecule has 0 amide bonds. The van der Waals surface area contributed by atoms with E-state index in [9.17, 15) is 0 Å². The van der Waals surface area contributed by atoms with Crippen molar-refractivity contribution < 1.29 is 4.52 Å². The molecule has 0 aliphatic rings. The highest BCUT2D eigenvalue weighted by Crippen LogP contribution is 2.21. The maximum absolute atomic E-state index is 6.07. The van der Waals surface area contributed by atoms with Crippen LogP contribution in [0.2, 0.25) is 0 Å². The molecule has 2 atom stereocenters. The molecule has 0 radical (unpaired) electrons. The molecule has 0 saturated carbocycles. The SMILES string of the molecule is CCC(C)c1noc(C(N)c2ccccc2)n1. The van der Waals surface area contributed by atoms with E-state index in [1.165, 1.54) is 0 Å². The van der Waals surface area contributed by atoms with Crippen LogP contribution in [0.1, 0.15) is 49.5 Å². The van der Waals surface area contributed by atoms with Gasteiger partial charge in [-0.1, -0.05) is 49.3 Å². The van der Waals surface area contributed by atoms with Crippen molar-refractivity contribution in [3.8, 4) is 0 Å². The summed E-state index contributed by atoms with van der Waals surface area (Å²) in [5.74, 6) is 1.51. The van der Waals surface area contributed by atoms with Crippen LogP contribution < -0.4 is 5.73 Å². The van der Waals surface area contributed by atoms with Gasteiger partial charge in [0.1, 0.15) is 6.04 Å². The van der Waals surface area contributed by atoms with Gasteiger partial charge in [-0.05, 0) is 12.0 Å². The Balaban J connectivity index is 2.20. The minimum atomic E-state index is -0.346. The lowest BCUT2D eigenvalue weighted by molar-refractivity contribution is 0.360. The van der Waals surface area contributed by atoms with Crippen molar-refractivity contribution in [3.63, 3.8) is 0 Å². The summed E-state index contributed by atoms with van der Waals surface area (Å²) in [5, 5.41) is 3.97. The maximum atomic E-state index is 6.07. The van der Waals surface area contributed by atoms with Crippen LogP contribution >= 0.6 is 0 Å². The molecular formula is C13H17N3O. The van der Waals surface area contributed by atoms with Crippen LogP contribution in [0.3, 0.4) is 0 Å². The molecule has 2 rings (SSSR count). The summed E-state index contributed by atoms with van der Waals surface area (Å²) in [6.45, 7) is 4.17. The molecule has 1 heterocycles. The minimum absolute atomic E-state index is 0.301. The topological polar surface area (TPSA) is 64.9 Å². The Kier molecular flexibility index (Phi) is 3.54. The molecule has 0 spiro atoms. The fourth-order valence-electron chi connectivity index (χ4n) is 1.56. The molecule has 0 aliphatic carbocycles. The van der Waals surface area contributed by atoms with Crippen LogP contribution in [-0.2, 0) is 0 Å². The van der Waals surface area contributed by atoms with Gasteiger partial charge in [-0.2, -0.15) is 4.98 Å². The van der Waals surface area contributed by atoms with Gasteiger partial charge in [0, 0.05) is 5.92 Å². The van der Waals surface area contributed by atoms with E-state index >= 15 is 0 Å². The number of nitrogens with two attached hydrogens (primary N) is 1. The summed E-state index contributed by atoms with van der Waals surface area (Å²) < 4.78 is 5.22. The highest BCUT2D eigenvalue weighted by atomic mass is 16.5. The van der Waals surface area contributed by atoms with Gasteiger partial charge in [0.2, 0.25) is 5.89 Å². The van der Waals surface area contributed by atoms with E-state index in [0.717, 1.165) is 17.8 Å². The third kappa shape index (κ3) is 2.53. The van der Waals surface area contributed by atoms with Crippen molar-refractivity contribution in [1.29, 1.82) is 0 Å². The third-order valence-electron chi connectivity index (χ3n) is 2.94. The van der Waals surface area contributed by atoms with Crippen LogP contribution in [0, 0.1) is 0 Å². The molecule has 4 heteroatoms. The summed E-state index contributed by atoms with van der Waals surface area (Å²) in [7, 11) is 0. The van der Waals surface area contributed by atoms with E-state index in [2.05, 4.69) is 24.0 Å². The quantitative estimate of drug-likeness (QED) is 0.878. The molecule has 1 aromatic heterocycles. The van der Waals surface area contributed by atoms with E-state index in [1.807, 2.05) is 30.3 Å². The lowest BCUT2D eigenvalue weighted by Crippen LogP contribution is -2.12. The molecule has 0 bridgehead atoms. The Morgan fingerprint density at radius 2 is 2.00 bits per heavy atom. The standard InChI is InChI=1S/C13H17N3O/c1-3-9(2)12-15-13(17-16-12)11(14)10-7-5-4-6-8-10/h4-9,11H,3,14H2,1-2H3. The molecule has 2 N–H and O–H groups in total. The van der Waals surface area contributed by atoms with Gasteiger partial charge in [-0.25, -0.2) is 0 Å². The van der Waals surface area contributed by atoms with E-state index < -0.39 is 0 Å². The highest BCUT2D eigenvalue weighted by molar-refractivity contribution is 5.23. The lowest BCUT2D eigenvalue weighted by Gasteiger charge is -2.06. The van der Waals surface area contributed by atoms with E-state index in [4.69, 9.17) is 10.3 Å². The first-order chi connectivity index (χ1) is 8.22.